The summed E-state index contributed by atoms with van der Waals surface area (Å²) in [6, 6.07) is 3.54. The number of halogens is 2. The molecule has 118 valence electrons. The SMILES string of the molecule is O=C(N[C@H]1CC[C@@H](C(=O)O)C1)C1CC1c1c(F)cccc1F. The molecule has 0 saturated heterocycles. The molecule has 1 aromatic rings. The third-order valence-corrected chi connectivity index (χ3v) is 4.63. The molecule has 2 N–H and O–H groups in total. The summed E-state index contributed by atoms with van der Waals surface area (Å²) >= 11 is 0. The van der Waals surface area contributed by atoms with Crippen LogP contribution in [0.3, 0.4) is 0 Å². The molecule has 1 amide bonds. The summed E-state index contributed by atoms with van der Waals surface area (Å²) in [4.78, 5) is 23.0. The van der Waals surface area contributed by atoms with E-state index in [1.807, 2.05) is 0 Å². The lowest BCUT2D eigenvalue weighted by molar-refractivity contribution is -0.141. The number of benzene rings is 1. The van der Waals surface area contributed by atoms with Crippen molar-refractivity contribution < 1.29 is 23.5 Å². The van der Waals surface area contributed by atoms with E-state index in [-0.39, 0.29) is 17.5 Å². The van der Waals surface area contributed by atoms with Gasteiger partial charge in [-0.3, -0.25) is 9.59 Å². The van der Waals surface area contributed by atoms with E-state index < -0.39 is 35.4 Å². The van der Waals surface area contributed by atoms with Crippen LogP contribution in [-0.2, 0) is 9.59 Å². The fraction of sp³-hybridized carbons (Fsp3) is 0.500. The maximum absolute atomic E-state index is 13.7. The number of carboxylic acids is 1. The Balaban J connectivity index is 1.59. The predicted octanol–water partition coefficient (Wildman–Crippen LogP) is 2.44. The minimum Gasteiger partial charge on any atom is -0.481 e. The molecule has 2 saturated carbocycles. The van der Waals surface area contributed by atoms with E-state index in [2.05, 4.69) is 5.32 Å². The normalized spacial score (nSPS) is 30.1. The van der Waals surface area contributed by atoms with Crippen molar-refractivity contribution in [2.45, 2.75) is 37.6 Å². The first-order chi connectivity index (χ1) is 10.5. The van der Waals surface area contributed by atoms with Crippen LogP contribution in [0.25, 0.3) is 0 Å². The first kappa shape index (κ1) is 14.9. The highest BCUT2D eigenvalue weighted by Crippen LogP contribution is 2.49. The van der Waals surface area contributed by atoms with Crippen molar-refractivity contribution in [2.24, 2.45) is 11.8 Å². The van der Waals surface area contributed by atoms with Gasteiger partial charge in [0.1, 0.15) is 11.6 Å². The van der Waals surface area contributed by atoms with Crippen molar-refractivity contribution in [2.75, 3.05) is 0 Å². The van der Waals surface area contributed by atoms with Gasteiger partial charge >= 0.3 is 5.97 Å². The van der Waals surface area contributed by atoms with E-state index in [4.69, 9.17) is 5.11 Å². The summed E-state index contributed by atoms with van der Waals surface area (Å²) in [5.41, 5.74) is -0.0162. The minimum absolute atomic E-state index is 0.0162. The van der Waals surface area contributed by atoms with Crippen LogP contribution in [0.5, 0.6) is 0 Å². The molecule has 0 aromatic heterocycles. The van der Waals surface area contributed by atoms with Gasteiger partial charge in [-0.2, -0.15) is 0 Å². The molecule has 0 bridgehead atoms. The first-order valence-corrected chi connectivity index (χ1v) is 7.44. The maximum atomic E-state index is 13.7. The van der Waals surface area contributed by atoms with Crippen LogP contribution in [0.2, 0.25) is 0 Å². The van der Waals surface area contributed by atoms with Gasteiger partial charge in [0, 0.05) is 23.4 Å². The van der Waals surface area contributed by atoms with Crippen LogP contribution in [0.1, 0.15) is 37.2 Å². The van der Waals surface area contributed by atoms with Crippen LogP contribution >= 0.6 is 0 Å². The monoisotopic (exact) mass is 309 g/mol. The van der Waals surface area contributed by atoms with Gasteiger partial charge in [-0.05, 0) is 37.8 Å². The number of carbonyl (C=O) groups is 2. The Morgan fingerprint density at radius 1 is 1.14 bits per heavy atom. The maximum Gasteiger partial charge on any atom is 0.306 e. The van der Waals surface area contributed by atoms with Crippen LogP contribution < -0.4 is 5.32 Å². The highest BCUT2D eigenvalue weighted by molar-refractivity contribution is 5.83. The predicted molar refractivity (Wildman–Crippen MR) is 74.1 cm³/mol. The van der Waals surface area contributed by atoms with Gasteiger partial charge in [0.05, 0.1) is 5.92 Å². The number of rotatable bonds is 4. The third-order valence-electron chi connectivity index (χ3n) is 4.63. The van der Waals surface area contributed by atoms with E-state index >= 15 is 0 Å². The molecular formula is C16H17F2NO3. The summed E-state index contributed by atoms with van der Waals surface area (Å²) in [6.07, 6.45) is 2.04. The molecule has 0 heterocycles. The molecule has 2 fully saturated rings. The third kappa shape index (κ3) is 2.82. The minimum atomic E-state index is -0.838. The van der Waals surface area contributed by atoms with Gasteiger partial charge in [0.2, 0.25) is 5.91 Å². The number of hydrogen-bond acceptors (Lipinski definition) is 2. The molecule has 1 aromatic carbocycles. The van der Waals surface area contributed by atoms with Gasteiger partial charge in [0.15, 0.2) is 0 Å². The molecule has 2 unspecified atom stereocenters. The Kier molecular flexibility index (Phi) is 3.85. The summed E-state index contributed by atoms with van der Waals surface area (Å²) < 4.78 is 27.4. The van der Waals surface area contributed by atoms with Crippen molar-refractivity contribution in [3.05, 3.63) is 35.4 Å². The lowest BCUT2D eigenvalue weighted by Gasteiger charge is -2.12. The largest absolute Gasteiger partial charge is 0.481 e. The van der Waals surface area contributed by atoms with Crippen LogP contribution in [0.15, 0.2) is 18.2 Å². The van der Waals surface area contributed by atoms with Crippen molar-refractivity contribution >= 4 is 11.9 Å². The van der Waals surface area contributed by atoms with Gasteiger partial charge in [-0.15, -0.1) is 0 Å². The highest BCUT2D eigenvalue weighted by Gasteiger charge is 2.47. The molecule has 6 heteroatoms. The van der Waals surface area contributed by atoms with Crippen LogP contribution in [0, 0.1) is 23.5 Å². The average molecular weight is 309 g/mol. The summed E-state index contributed by atoms with van der Waals surface area (Å²) in [5.74, 6) is -3.56. The van der Waals surface area contributed by atoms with Crippen LogP contribution in [-0.4, -0.2) is 23.0 Å². The van der Waals surface area contributed by atoms with Crippen molar-refractivity contribution in [1.29, 1.82) is 0 Å². The Labute approximate surface area is 126 Å². The van der Waals surface area contributed by atoms with E-state index in [0.717, 1.165) is 0 Å². The summed E-state index contributed by atoms with van der Waals surface area (Å²) in [5, 5.41) is 11.8. The second-order valence-electron chi connectivity index (χ2n) is 6.14. The number of amides is 1. The Morgan fingerprint density at radius 3 is 2.41 bits per heavy atom. The molecule has 0 spiro atoms. The number of carbonyl (C=O) groups excluding carboxylic acids is 1. The standard InChI is InChI=1S/C16H17F2NO3/c17-12-2-1-3-13(18)14(12)10-7-11(10)15(20)19-9-5-4-8(6-9)16(21)22/h1-3,8-11H,4-7H2,(H,19,20)(H,21,22)/t8-,9+,10?,11?/m1/s1. The Hall–Kier alpha value is -1.98. The fourth-order valence-corrected chi connectivity index (χ4v) is 3.31. The molecule has 2 aliphatic carbocycles. The topological polar surface area (TPSA) is 66.4 Å². The van der Waals surface area contributed by atoms with E-state index in [9.17, 15) is 18.4 Å². The summed E-state index contributed by atoms with van der Waals surface area (Å²) in [7, 11) is 0. The highest BCUT2D eigenvalue weighted by atomic mass is 19.1. The number of carboxylic acid groups (broad SMARTS) is 1. The van der Waals surface area contributed by atoms with E-state index in [1.54, 1.807) is 0 Å². The quantitative estimate of drug-likeness (QED) is 0.898. The van der Waals surface area contributed by atoms with Gasteiger partial charge in [-0.25, -0.2) is 8.78 Å². The number of hydrogen-bond donors (Lipinski definition) is 2. The van der Waals surface area contributed by atoms with Gasteiger partial charge < -0.3 is 10.4 Å². The molecule has 0 aliphatic heterocycles. The lowest BCUT2D eigenvalue weighted by atomic mass is 10.1. The number of aliphatic carboxylic acids is 1. The molecule has 2 aliphatic rings. The Morgan fingerprint density at radius 2 is 1.82 bits per heavy atom. The molecule has 22 heavy (non-hydrogen) atoms. The molecular weight excluding hydrogens is 292 g/mol. The fourth-order valence-electron chi connectivity index (χ4n) is 3.31. The van der Waals surface area contributed by atoms with E-state index in [0.29, 0.717) is 25.7 Å². The molecule has 4 nitrogen and oxygen atoms in total. The van der Waals surface area contributed by atoms with Crippen molar-refractivity contribution in [1.82, 2.24) is 5.32 Å². The average Bonchev–Trinajstić information content (AvgIpc) is 3.09. The van der Waals surface area contributed by atoms with Crippen LogP contribution in [0.4, 0.5) is 8.78 Å². The van der Waals surface area contributed by atoms with Gasteiger partial charge in [0.25, 0.3) is 0 Å². The second-order valence-corrected chi connectivity index (χ2v) is 6.14. The lowest BCUT2D eigenvalue weighted by Crippen LogP contribution is -2.34. The zero-order valence-corrected chi connectivity index (χ0v) is 11.9. The number of nitrogens with one attached hydrogen (secondary N) is 1. The van der Waals surface area contributed by atoms with Crippen molar-refractivity contribution in [3.8, 4) is 0 Å². The first-order valence-electron chi connectivity index (χ1n) is 7.44. The summed E-state index contributed by atoms with van der Waals surface area (Å²) in [6.45, 7) is 0. The van der Waals surface area contributed by atoms with E-state index in [1.165, 1.54) is 18.2 Å². The molecule has 0 radical (unpaired) electrons. The molecule has 3 rings (SSSR count). The molecule has 4 atom stereocenters. The smallest absolute Gasteiger partial charge is 0.306 e. The Bertz CT molecular complexity index is 599. The van der Waals surface area contributed by atoms with Gasteiger partial charge in [-0.1, -0.05) is 6.07 Å². The zero-order valence-electron chi connectivity index (χ0n) is 11.9. The second kappa shape index (κ2) is 5.66. The zero-order chi connectivity index (χ0) is 15.9. The van der Waals surface area contributed by atoms with Crippen molar-refractivity contribution in [3.63, 3.8) is 0 Å².